The maximum Gasteiger partial charge on any atom is 0.135 e. The first-order valence-corrected chi connectivity index (χ1v) is 5.13. The third-order valence-electron chi connectivity index (χ3n) is 2.44. The van der Waals surface area contributed by atoms with E-state index in [1.807, 2.05) is 25.1 Å². The maximum atomic E-state index is 9.02. The summed E-state index contributed by atoms with van der Waals surface area (Å²) in [5.41, 5.74) is 7.54. The molecule has 16 heavy (non-hydrogen) atoms. The molecule has 1 aromatic heterocycles. The average molecular weight is 212 g/mol. The molecule has 0 amide bonds. The van der Waals surface area contributed by atoms with Crippen molar-refractivity contribution in [3.05, 3.63) is 41.7 Å². The molecule has 0 unspecified atom stereocenters. The van der Waals surface area contributed by atoms with Crippen molar-refractivity contribution in [1.29, 1.82) is 5.26 Å². The van der Waals surface area contributed by atoms with Crippen LogP contribution in [0.3, 0.4) is 0 Å². The molecular weight excluding hydrogens is 200 g/mol. The van der Waals surface area contributed by atoms with Crippen LogP contribution < -0.4 is 5.73 Å². The first-order chi connectivity index (χ1) is 7.74. The normalized spacial score (nSPS) is 10.0. The summed E-state index contributed by atoms with van der Waals surface area (Å²) in [6.07, 6.45) is 0.844. The van der Waals surface area contributed by atoms with Crippen molar-refractivity contribution in [2.45, 2.75) is 13.3 Å². The van der Waals surface area contributed by atoms with Gasteiger partial charge >= 0.3 is 0 Å². The fourth-order valence-corrected chi connectivity index (χ4v) is 1.58. The van der Waals surface area contributed by atoms with Gasteiger partial charge in [-0.1, -0.05) is 6.92 Å². The van der Waals surface area contributed by atoms with Gasteiger partial charge in [0.25, 0.3) is 0 Å². The number of benzene rings is 1. The van der Waals surface area contributed by atoms with Crippen LogP contribution in [0.5, 0.6) is 0 Å². The second kappa shape index (κ2) is 4.11. The minimum atomic E-state index is 0.539. The van der Waals surface area contributed by atoms with Crippen LogP contribution in [-0.4, -0.2) is 0 Å². The van der Waals surface area contributed by atoms with Gasteiger partial charge in [-0.25, -0.2) is 0 Å². The molecule has 3 heteroatoms. The minimum absolute atomic E-state index is 0.539. The predicted octanol–water partition coefficient (Wildman–Crippen LogP) is 2.96. The number of aryl methyl sites for hydroxylation is 1. The van der Waals surface area contributed by atoms with Crippen molar-refractivity contribution in [1.82, 2.24) is 0 Å². The molecule has 0 saturated heterocycles. The van der Waals surface area contributed by atoms with Crippen LogP contribution in [0.1, 0.15) is 18.2 Å². The molecule has 0 radical (unpaired) electrons. The number of hydrogen-bond donors (Lipinski definition) is 1. The van der Waals surface area contributed by atoms with E-state index in [0.29, 0.717) is 17.0 Å². The van der Waals surface area contributed by atoms with Crippen LogP contribution in [-0.2, 0) is 6.42 Å². The van der Waals surface area contributed by atoms with Gasteiger partial charge < -0.3 is 10.2 Å². The molecule has 80 valence electrons. The molecule has 0 aliphatic heterocycles. The smallest absolute Gasteiger partial charge is 0.135 e. The topological polar surface area (TPSA) is 63.0 Å². The zero-order valence-electron chi connectivity index (χ0n) is 9.03. The summed E-state index contributed by atoms with van der Waals surface area (Å²) in [7, 11) is 0. The van der Waals surface area contributed by atoms with E-state index < -0.39 is 0 Å². The lowest BCUT2D eigenvalue weighted by atomic mass is 10.1. The van der Waals surface area contributed by atoms with Crippen molar-refractivity contribution in [3.8, 4) is 17.4 Å². The van der Waals surface area contributed by atoms with Crippen LogP contribution in [0.4, 0.5) is 5.69 Å². The van der Waals surface area contributed by atoms with Gasteiger partial charge in [-0.05, 0) is 30.3 Å². The Bertz CT molecular complexity index is 549. The summed E-state index contributed by atoms with van der Waals surface area (Å²) >= 11 is 0. The SMILES string of the molecule is CCc1ccc(-c2ccc(N)cc2C#N)o1. The molecule has 2 aromatic rings. The van der Waals surface area contributed by atoms with E-state index in [0.717, 1.165) is 17.7 Å². The van der Waals surface area contributed by atoms with Gasteiger partial charge in [-0.2, -0.15) is 5.26 Å². The summed E-state index contributed by atoms with van der Waals surface area (Å²) in [6, 6.07) is 11.2. The van der Waals surface area contributed by atoms with Crippen LogP contribution in [0.2, 0.25) is 0 Å². The minimum Gasteiger partial charge on any atom is -0.461 e. The molecule has 1 heterocycles. The number of nitrogens with zero attached hydrogens (tertiary/aromatic N) is 1. The number of nitriles is 1. The van der Waals surface area contributed by atoms with Crippen molar-refractivity contribution < 1.29 is 4.42 Å². The quantitative estimate of drug-likeness (QED) is 0.778. The molecule has 0 saturated carbocycles. The number of rotatable bonds is 2. The van der Waals surface area contributed by atoms with Crippen molar-refractivity contribution in [2.24, 2.45) is 0 Å². The number of nitrogens with two attached hydrogens (primary N) is 1. The zero-order valence-corrected chi connectivity index (χ0v) is 9.03. The molecule has 2 N–H and O–H groups in total. The molecule has 0 fully saturated rings. The maximum absolute atomic E-state index is 9.02. The first-order valence-electron chi connectivity index (χ1n) is 5.13. The van der Waals surface area contributed by atoms with Gasteiger partial charge in [0.05, 0.1) is 11.6 Å². The standard InChI is InChI=1S/C13H12N2O/c1-2-11-4-6-13(16-11)12-5-3-10(15)7-9(12)8-14/h3-7H,2,15H2,1H3. The average Bonchev–Trinajstić information content (AvgIpc) is 2.77. The number of nitrogen functional groups attached to an aromatic ring is 1. The fourth-order valence-electron chi connectivity index (χ4n) is 1.58. The van der Waals surface area contributed by atoms with E-state index >= 15 is 0 Å². The van der Waals surface area contributed by atoms with E-state index in [4.69, 9.17) is 15.4 Å². The highest BCUT2D eigenvalue weighted by Gasteiger charge is 2.09. The molecule has 0 aliphatic rings. The van der Waals surface area contributed by atoms with E-state index in [9.17, 15) is 0 Å². The molecule has 2 rings (SSSR count). The molecule has 0 bridgehead atoms. The van der Waals surface area contributed by atoms with Crippen LogP contribution in [0.15, 0.2) is 34.7 Å². The molecule has 0 atom stereocenters. The summed E-state index contributed by atoms with van der Waals surface area (Å²) < 4.78 is 5.61. The summed E-state index contributed by atoms with van der Waals surface area (Å²) in [5, 5.41) is 9.02. The Hall–Kier alpha value is -2.21. The lowest BCUT2D eigenvalue weighted by Gasteiger charge is -2.01. The number of furan rings is 1. The van der Waals surface area contributed by atoms with Crippen LogP contribution in [0.25, 0.3) is 11.3 Å². The molecule has 0 aliphatic carbocycles. The molecular formula is C13H12N2O. The summed E-state index contributed by atoms with van der Waals surface area (Å²) in [4.78, 5) is 0. The summed E-state index contributed by atoms with van der Waals surface area (Å²) in [6.45, 7) is 2.02. The molecule has 1 aromatic carbocycles. The van der Waals surface area contributed by atoms with Crippen molar-refractivity contribution in [3.63, 3.8) is 0 Å². The number of anilines is 1. The highest BCUT2D eigenvalue weighted by Crippen LogP contribution is 2.27. The van der Waals surface area contributed by atoms with Gasteiger partial charge in [-0.3, -0.25) is 0 Å². The molecule has 3 nitrogen and oxygen atoms in total. The Labute approximate surface area is 94.1 Å². The summed E-state index contributed by atoms with van der Waals surface area (Å²) in [5.74, 6) is 1.63. The van der Waals surface area contributed by atoms with Gasteiger partial charge in [0.1, 0.15) is 11.5 Å². The Kier molecular flexibility index (Phi) is 2.65. The van der Waals surface area contributed by atoms with Gasteiger partial charge in [0, 0.05) is 17.7 Å². The van der Waals surface area contributed by atoms with Crippen molar-refractivity contribution >= 4 is 5.69 Å². The monoisotopic (exact) mass is 212 g/mol. The predicted molar refractivity (Wildman–Crippen MR) is 62.6 cm³/mol. The van der Waals surface area contributed by atoms with Crippen molar-refractivity contribution in [2.75, 3.05) is 5.73 Å². The van der Waals surface area contributed by atoms with Crippen LogP contribution >= 0.6 is 0 Å². The largest absolute Gasteiger partial charge is 0.461 e. The highest BCUT2D eigenvalue weighted by molar-refractivity contribution is 5.69. The second-order valence-corrected chi connectivity index (χ2v) is 3.54. The Morgan fingerprint density at radius 3 is 2.75 bits per heavy atom. The first kappa shape index (κ1) is 10.3. The molecule has 0 spiro atoms. The van der Waals surface area contributed by atoms with E-state index in [-0.39, 0.29) is 0 Å². The third kappa shape index (κ3) is 1.78. The highest BCUT2D eigenvalue weighted by atomic mass is 16.3. The lowest BCUT2D eigenvalue weighted by Crippen LogP contribution is -1.88. The lowest BCUT2D eigenvalue weighted by molar-refractivity contribution is 0.529. The van der Waals surface area contributed by atoms with E-state index in [1.54, 1.807) is 12.1 Å². The second-order valence-electron chi connectivity index (χ2n) is 3.54. The number of hydrogen-bond acceptors (Lipinski definition) is 3. The Morgan fingerprint density at radius 2 is 2.12 bits per heavy atom. The third-order valence-corrected chi connectivity index (χ3v) is 2.44. The zero-order chi connectivity index (χ0) is 11.5. The fraction of sp³-hybridized carbons (Fsp3) is 0.154. The van der Waals surface area contributed by atoms with Gasteiger partial charge in [-0.15, -0.1) is 0 Å². The van der Waals surface area contributed by atoms with E-state index in [2.05, 4.69) is 6.07 Å². The van der Waals surface area contributed by atoms with Gasteiger partial charge in [0.15, 0.2) is 0 Å². The van der Waals surface area contributed by atoms with E-state index in [1.165, 1.54) is 0 Å². The Balaban J connectivity index is 2.51. The van der Waals surface area contributed by atoms with Gasteiger partial charge in [0.2, 0.25) is 0 Å². The Morgan fingerprint density at radius 1 is 1.31 bits per heavy atom. The van der Waals surface area contributed by atoms with Crippen LogP contribution in [0, 0.1) is 11.3 Å².